The van der Waals surface area contributed by atoms with Gasteiger partial charge in [-0.3, -0.25) is 0 Å². The molecule has 0 aliphatic rings. The predicted molar refractivity (Wildman–Crippen MR) is 75.1 cm³/mol. The van der Waals surface area contributed by atoms with E-state index >= 15 is 0 Å². The van der Waals surface area contributed by atoms with Gasteiger partial charge < -0.3 is 15.0 Å². The summed E-state index contributed by atoms with van der Waals surface area (Å²) in [5.41, 5.74) is 6.86. The zero-order chi connectivity index (χ0) is 14.8. The molecule has 2 N–H and O–H groups in total. The van der Waals surface area contributed by atoms with Gasteiger partial charge in [0.2, 0.25) is 5.88 Å². The van der Waals surface area contributed by atoms with Crippen molar-refractivity contribution in [3.05, 3.63) is 48.9 Å². The SMILES string of the molecule is Cn1cnc(-c2cc(Oc3ccc(F)c(N)c3)ncn2)c1. The van der Waals surface area contributed by atoms with Crippen LogP contribution in [0.2, 0.25) is 0 Å². The average molecular weight is 285 g/mol. The van der Waals surface area contributed by atoms with Crippen molar-refractivity contribution < 1.29 is 9.13 Å². The van der Waals surface area contributed by atoms with Crippen molar-refractivity contribution in [2.45, 2.75) is 0 Å². The number of benzene rings is 1. The molecule has 1 aromatic carbocycles. The monoisotopic (exact) mass is 285 g/mol. The third-order valence-corrected chi connectivity index (χ3v) is 2.80. The van der Waals surface area contributed by atoms with Crippen LogP contribution in [0, 0.1) is 5.82 Å². The molecule has 7 heteroatoms. The number of aromatic nitrogens is 4. The molecule has 3 aromatic rings. The summed E-state index contributed by atoms with van der Waals surface area (Å²) in [6.45, 7) is 0. The quantitative estimate of drug-likeness (QED) is 0.747. The number of nitrogens with two attached hydrogens (primary N) is 1. The second kappa shape index (κ2) is 5.20. The molecule has 0 spiro atoms. The molecule has 2 heterocycles. The maximum atomic E-state index is 13.1. The van der Waals surface area contributed by atoms with Crippen LogP contribution in [0.15, 0.2) is 43.1 Å². The van der Waals surface area contributed by atoms with Gasteiger partial charge in [-0.05, 0) is 12.1 Å². The van der Waals surface area contributed by atoms with Gasteiger partial charge in [0.05, 0.1) is 17.7 Å². The van der Waals surface area contributed by atoms with E-state index < -0.39 is 5.82 Å². The number of rotatable bonds is 3. The summed E-state index contributed by atoms with van der Waals surface area (Å²) >= 11 is 0. The fourth-order valence-corrected chi connectivity index (χ4v) is 1.79. The van der Waals surface area contributed by atoms with Crippen molar-refractivity contribution in [2.75, 3.05) is 5.73 Å². The molecule has 6 nitrogen and oxygen atoms in total. The summed E-state index contributed by atoms with van der Waals surface area (Å²) in [4.78, 5) is 12.4. The molecule has 2 aromatic heterocycles. The highest BCUT2D eigenvalue weighted by Crippen LogP contribution is 2.25. The highest BCUT2D eigenvalue weighted by atomic mass is 19.1. The van der Waals surface area contributed by atoms with Crippen molar-refractivity contribution >= 4 is 5.69 Å². The Morgan fingerprint density at radius 3 is 2.71 bits per heavy atom. The van der Waals surface area contributed by atoms with Gasteiger partial charge in [-0.1, -0.05) is 0 Å². The Kier molecular flexibility index (Phi) is 3.23. The van der Waals surface area contributed by atoms with Gasteiger partial charge in [0.15, 0.2) is 0 Å². The minimum Gasteiger partial charge on any atom is -0.439 e. The fourth-order valence-electron chi connectivity index (χ4n) is 1.79. The summed E-state index contributed by atoms with van der Waals surface area (Å²) in [7, 11) is 1.87. The van der Waals surface area contributed by atoms with E-state index in [1.165, 1.54) is 24.5 Å². The van der Waals surface area contributed by atoms with Crippen molar-refractivity contribution in [1.29, 1.82) is 0 Å². The molecular weight excluding hydrogens is 273 g/mol. The Morgan fingerprint density at radius 1 is 1.14 bits per heavy atom. The first-order chi connectivity index (χ1) is 10.1. The van der Waals surface area contributed by atoms with Gasteiger partial charge in [0, 0.05) is 25.4 Å². The Hall–Kier alpha value is -2.96. The number of halogens is 1. The Balaban J connectivity index is 1.87. The third kappa shape index (κ3) is 2.81. The second-order valence-electron chi connectivity index (χ2n) is 4.45. The molecule has 0 unspecified atom stereocenters. The van der Waals surface area contributed by atoms with Crippen molar-refractivity contribution in [2.24, 2.45) is 7.05 Å². The van der Waals surface area contributed by atoms with Crippen LogP contribution in [-0.2, 0) is 7.05 Å². The number of hydrogen-bond donors (Lipinski definition) is 1. The van der Waals surface area contributed by atoms with Crippen molar-refractivity contribution in [3.63, 3.8) is 0 Å². The lowest BCUT2D eigenvalue weighted by atomic mass is 10.3. The summed E-state index contributed by atoms with van der Waals surface area (Å²) in [6, 6.07) is 5.78. The van der Waals surface area contributed by atoms with Crippen LogP contribution in [0.1, 0.15) is 0 Å². The molecule has 0 aliphatic heterocycles. The molecule has 0 amide bonds. The standard InChI is InChI=1S/C14H12FN5O/c1-20-6-13(19-8-20)12-5-14(18-7-17-12)21-9-2-3-10(15)11(16)4-9/h2-8H,16H2,1H3. The van der Waals surface area contributed by atoms with Crippen LogP contribution >= 0.6 is 0 Å². The maximum absolute atomic E-state index is 13.1. The Labute approximate surface area is 120 Å². The van der Waals surface area contributed by atoms with Gasteiger partial charge in [-0.25, -0.2) is 19.3 Å². The summed E-state index contributed by atoms with van der Waals surface area (Å²) in [5, 5.41) is 0. The average Bonchev–Trinajstić information content (AvgIpc) is 2.90. The topological polar surface area (TPSA) is 78.9 Å². The Bertz CT molecular complexity index is 787. The lowest BCUT2D eigenvalue weighted by Gasteiger charge is -2.06. The van der Waals surface area contributed by atoms with E-state index in [1.807, 2.05) is 17.8 Å². The van der Waals surface area contributed by atoms with Crippen molar-refractivity contribution in [1.82, 2.24) is 19.5 Å². The second-order valence-corrected chi connectivity index (χ2v) is 4.45. The van der Waals surface area contributed by atoms with Crippen molar-refractivity contribution in [3.8, 4) is 23.0 Å². The summed E-state index contributed by atoms with van der Waals surface area (Å²) < 4.78 is 20.5. The number of nitrogen functional groups attached to an aromatic ring is 1. The molecule has 3 rings (SSSR count). The van der Waals surface area contributed by atoms with E-state index in [1.54, 1.807) is 12.4 Å². The van der Waals surface area contributed by atoms with Gasteiger partial charge in [-0.2, -0.15) is 0 Å². The highest BCUT2D eigenvalue weighted by Gasteiger charge is 2.07. The fraction of sp³-hybridized carbons (Fsp3) is 0.0714. The molecule has 0 atom stereocenters. The van der Waals surface area contributed by atoms with E-state index in [4.69, 9.17) is 10.5 Å². The van der Waals surface area contributed by atoms with E-state index in [2.05, 4.69) is 15.0 Å². The molecule has 0 radical (unpaired) electrons. The lowest BCUT2D eigenvalue weighted by Crippen LogP contribution is -1.94. The van der Waals surface area contributed by atoms with E-state index in [0.717, 1.165) is 0 Å². The molecule has 0 saturated heterocycles. The lowest BCUT2D eigenvalue weighted by molar-refractivity contribution is 0.460. The van der Waals surface area contributed by atoms with Gasteiger partial charge in [-0.15, -0.1) is 0 Å². The summed E-state index contributed by atoms with van der Waals surface area (Å²) in [5.74, 6) is 0.246. The van der Waals surface area contributed by atoms with E-state index in [9.17, 15) is 4.39 Å². The third-order valence-electron chi connectivity index (χ3n) is 2.80. The molecule has 0 saturated carbocycles. The van der Waals surface area contributed by atoms with E-state index in [-0.39, 0.29) is 5.69 Å². The molecule has 0 bridgehead atoms. The van der Waals surface area contributed by atoms with Crippen LogP contribution < -0.4 is 10.5 Å². The Morgan fingerprint density at radius 2 is 2.00 bits per heavy atom. The zero-order valence-electron chi connectivity index (χ0n) is 11.2. The number of aryl methyl sites for hydroxylation is 1. The number of anilines is 1. The number of ether oxygens (including phenoxy) is 1. The van der Waals surface area contributed by atoms with Gasteiger partial charge >= 0.3 is 0 Å². The number of hydrogen-bond acceptors (Lipinski definition) is 5. The van der Waals surface area contributed by atoms with Crippen LogP contribution in [0.3, 0.4) is 0 Å². The maximum Gasteiger partial charge on any atom is 0.222 e. The minimum atomic E-state index is -0.487. The number of imidazole rings is 1. The first kappa shape index (κ1) is 13.0. The van der Waals surface area contributed by atoms with Crippen LogP contribution in [-0.4, -0.2) is 19.5 Å². The molecule has 0 aliphatic carbocycles. The highest BCUT2D eigenvalue weighted by molar-refractivity contribution is 5.54. The predicted octanol–water partition coefficient (Wildman–Crippen LogP) is 2.39. The first-order valence-electron chi connectivity index (χ1n) is 6.15. The first-order valence-corrected chi connectivity index (χ1v) is 6.15. The normalized spacial score (nSPS) is 10.6. The molecule has 106 valence electrons. The van der Waals surface area contributed by atoms with Gasteiger partial charge in [0.25, 0.3) is 0 Å². The molecule has 21 heavy (non-hydrogen) atoms. The van der Waals surface area contributed by atoms with Crippen LogP contribution in [0.25, 0.3) is 11.4 Å². The van der Waals surface area contributed by atoms with Gasteiger partial charge in [0.1, 0.15) is 23.6 Å². The van der Waals surface area contributed by atoms with Crippen LogP contribution in [0.4, 0.5) is 10.1 Å². The minimum absolute atomic E-state index is 0.0199. The summed E-state index contributed by atoms with van der Waals surface area (Å²) in [6.07, 6.45) is 4.90. The molecule has 0 fully saturated rings. The molecular formula is C14H12FN5O. The number of nitrogens with zero attached hydrogens (tertiary/aromatic N) is 4. The largest absolute Gasteiger partial charge is 0.439 e. The zero-order valence-corrected chi connectivity index (χ0v) is 11.2. The van der Waals surface area contributed by atoms with Crippen LogP contribution in [0.5, 0.6) is 11.6 Å². The smallest absolute Gasteiger partial charge is 0.222 e. The van der Waals surface area contributed by atoms with E-state index in [0.29, 0.717) is 23.0 Å².